The number of carbonyl (C=O) groups is 1. The van der Waals surface area contributed by atoms with E-state index in [-0.39, 0.29) is 11.8 Å². The fourth-order valence-corrected chi connectivity index (χ4v) is 3.40. The SMILES string of the molecule is CCOCCCNC(=O)C1CCN(Cc2nc(-c3ccc(OC)cc3)no2)CC1. The number of hydrogen-bond acceptors (Lipinski definition) is 7. The van der Waals surface area contributed by atoms with Gasteiger partial charge in [-0.15, -0.1) is 0 Å². The first-order chi connectivity index (χ1) is 14.2. The number of nitrogens with zero attached hydrogens (tertiary/aromatic N) is 3. The second-order valence-corrected chi connectivity index (χ2v) is 7.13. The smallest absolute Gasteiger partial charge is 0.241 e. The molecule has 29 heavy (non-hydrogen) atoms. The van der Waals surface area contributed by atoms with Crippen LogP contribution < -0.4 is 10.1 Å². The quantitative estimate of drug-likeness (QED) is 0.611. The van der Waals surface area contributed by atoms with Crippen molar-refractivity contribution >= 4 is 5.91 Å². The van der Waals surface area contributed by atoms with Crippen LogP contribution in [0.25, 0.3) is 11.4 Å². The highest BCUT2D eigenvalue weighted by atomic mass is 16.5. The normalized spacial score (nSPS) is 15.4. The molecule has 1 aromatic heterocycles. The predicted octanol–water partition coefficient (Wildman–Crippen LogP) is 2.50. The zero-order valence-corrected chi connectivity index (χ0v) is 17.2. The van der Waals surface area contributed by atoms with Gasteiger partial charge in [0.2, 0.25) is 17.6 Å². The average Bonchev–Trinajstić information content (AvgIpc) is 3.22. The summed E-state index contributed by atoms with van der Waals surface area (Å²) < 4.78 is 15.9. The molecule has 1 N–H and O–H groups in total. The molecule has 1 amide bonds. The Balaban J connectivity index is 1.41. The van der Waals surface area contributed by atoms with Gasteiger partial charge >= 0.3 is 0 Å². The van der Waals surface area contributed by atoms with Crippen LogP contribution in [0.1, 0.15) is 32.1 Å². The molecule has 0 saturated carbocycles. The molecule has 0 aliphatic carbocycles. The van der Waals surface area contributed by atoms with Crippen LogP contribution in [0.2, 0.25) is 0 Å². The minimum absolute atomic E-state index is 0.0795. The van der Waals surface area contributed by atoms with Gasteiger partial charge in [0.05, 0.1) is 13.7 Å². The van der Waals surface area contributed by atoms with Crippen molar-refractivity contribution in [2.45, 2.75) is 32.7 Å². The Bertz CT molecular complexity index is 754. The molecule has 1 aromatic carbocycles. The molecule has 2 aromatic rings. The fourth-order valence-electron chi connectivity index (χ4n) is 3.40. The third-order valence-corrected chi connectivity index (χ3v) is 5.10. The minimum atomic E-state index is 0.0795. The summed E-state index contributed by atoms with van der Waals surface area (Å²) in [6.07, 6.45) is 2.54. The lowest BCUT2D eigenvalue weighted by atomic mass is 9.96. The Morgan fingerprint density at radius 3 is 2.72 bits per heavy atom. The van der Waals surface area contributed by atoms with Gasteiger partial charge in [0, 0.05) is 31.2 Å². The summed E-state index contributed by atoms with van der Waals surface area (Å²) in [6.45, 7) is 6.35. The Labute approximate surface area is 171 Å². The predicted molar refractivity (Wildman–Crippen MR) is 108 cm³/mol. The van der Waals surface area contributed by atoms with Crippen molar-refractivity contribution in [1.29, 1.82) is 0 Å². The van der Waals surface area contributed by atoms with Crippen molar-refractivity contribution in [2.24, 2.45) is 5.92 Å². The molecule has 1 fully saturated rings. The maximum absolute atomic E-state index is 12.3. The van der Waals surface area contributed by atoms with Gasteiger partial charge in [-0.25, -0.2) is 0 Å². The monoisotopic (exact) mass is 402 g/mol. The van der Waals surface area contributed by atoms with Crippen LogP contribution in [0.5, 0.6) is 5.75 Å². The number of piperidine rings is 1. The van der Waals surface area contributed by atoms with E-state index in [0.29, 0.717) is 38.0 Å². The number of hydrogen-bond donors (Lipinski definition) is 1. The van der Waals surface area contributed by atoms with Crippen LogP contribution in [0.3, 0.4) is 0 Å². The average molecular weight is 402 g/mol. The van der Waals surface area contributed by atoms with E-state index >= 15 is 0 Å². The third kappa shape index (κ3) is 6.27. The number of ether oxygens (including phenoxy) is 2. The Morgan fingerprint density at radius 2 is 2.03 bits per heavy atom. The highest BCUT2D eigenvalue weighted by Gasteiger charge is 2.25. The summed E-state index contributed by atoms with van der Waals surface area (Å²) in [5, 5.41) is 7.10. The molecule has 1 saturated heterocycles. The number of aromatic nitrogens is 2. The first-order valence-corrected chi connectivity index (χ1v) is 10.2. The zero-order chi connectivity index (χ0) is 20.5. The van der Waals surface area contributed by atoms with Crippen molar-refractivity contribution in [2.75, 3.05) is 40.0 Å². The van der Waals surface area contributed by atoms with Gasteiger partial charge in [0.1, 0.15) is 5.75 Å². The molecule has 8 nitrogen and oxygen atoms in total. The number of amides is 1. The fraction of sp³-hybridized carbons (Fsp3) is 0.571. The largest absolute Gasteiger partial charge is 0.497 e. The van der Waals surface area contributed by atoms with Gasteiger partial charge < -0.3 is 19.3 Å². The van der Waals surface area contributed by atoms with Crippen LogP contribution in [-0.4, -0.2) is 60.9 Å². The van der Waals surface area contributed by atoms with E-state index in [1.54, 1.807) is 7.11 Å². The van der Waals surface area contributed by atoms with Crippen molar-refractivity contribution in [3.8, 4) is 17.1 Å². The van der Waals surface area contributed by atoms with Crippen LogP contribution >= 0.6 is 0 Å². The summed E-state index contributed by atoms with van der Waals surface area (Å²) in [5.74, 6) is 2.19. The van der Waals surface area contributed by atoms with E-state index in [1.165, 1.54) is 0 Å². The van der Waals surface area contributed by atoms with Gasteiger partial charge in [0.25, 0.3) is 0 Å². The lowest BCUT2D eigenvalue weighted by Crippen LogP contribution is -2.40. The standard InChI is InChI=1S/C21H30N4O4/c1-3-28-14-4-11-22-21(26)17-9-12-25(13-10-17)15-19-23-20(24-29-19)16-5-7-18(27-2)8-6-16/h5-8,17H,3-4,9-15H2,1-2H3,(H,22,26). The van der Waals surface area contributed by atoms with E-state index < -0.39 is 0 Å². The molecule has 1 aliphatic rings. The lowest BCUT2D eigenvalue weighted by Gasteiger charge is -2.30. The van der Waals surface area contributed by atoms with Gasteiger partial charge in [0.15, 0.2) is 0 Å². The highest BCUT2D eigenvalue weighted by molar-refractivity contribution is 5.78. The van der Waals surface area contributed by atoms with E-state index in [0.717, 1.165) is 43.7 Å². The van der Waals surface area contributed by atoms with Gasteiger partial charge in [-0.3, -0.25) is 9.69 Å². The molecule has 0 atom stereocenters. The first kappa shape index (κ1) is 21.3. The van der Waals surface area contributed by atoms with Crippen molar-refractivity contribution < 1.29 is 18.8 Å². The van der Waals surface area contributed by atoms with E-state index in [4.69, 9.17) is 14.0 Å². The molecule has 3 rings (SSSR count). The Hall–Kier alpha value is -2.45. The van der Waals surface area contributed by atoms with Crippen molar-refractivity contribution in [3.05, 3.63) is 30.2 Å². The van der Waals surface area contributed by atoms with Crippen LogP contribution in [-0.2, 0) is 16.1 Å². The summed E-state index contributed by atoms with van der Waals surface area (Å²) in [6, 6.07) is 7.56. The number of nitrogens with one attached hydrogen (secondary N) is 1. The molecule has 8 heteroatoms. The molecule has 0 spiro atoms. The molecular formula is C21H30N4O4. The number of methoxy groups -OCH3 is 1. The summed E-state index contributed by atoms with van der Waals surface area (Å²) >= 11 is 0. The molecular weight excluding hydrogens is 372 g/mol. The van der Waals surface area contributed by atoms with Crippen LogP contribution in [0.15, 0.2) is 28.8 Å². The van der Waals surface area contributed by atoms with Gasteiger partial charge in [-0.1, -0.05) is 5.16 Å². The molecule has 0 bridgehead atoms. The Morgan fingerprint density at radius 1 is 1.28 bits per heavy atom. The zero-order valence-electron chi connectivity index (χ0n) is 17.2. The number of benzene rings is 1. The molecule has 158 valence electrons. The van der Waals surface area contributed by atoms with Crippen LogP contribution in [0, 0.1) is 5.92 Å². The molecule has 2 heterocycles. The minimum Gasteiger partial charge on any atom is -0.497 e. The molecule has 0 unspecified atom stereocenters. The molecule has 1 aliphatic heterocycles. The van der Waals surface area contributed by atoms with E-state index in [1.807, 2.05) is 31.2 Å². The highest BCUT2D eigenvalue weighted by Crippen LogP contribution is 2.22. The maximum atomic E-state index is 12.3. The summed E-state index contributed by atoms with van der Waals surface area (Å²) in [4.78, 5) is 19.0. The Kier molecular flexibility index (Phi) is 8.01. The van der Waals surface area contributed by atoms with Gasteiger partial charge in [-0.2, -0.15) is 4.98 Å². The second kappa shape index (κ2) is 10.9. The third-order valence-electron chi connectivity index (χ3n) is 5.10. The summed E-state index contributed by atoms with van der Waals surface area (Å²) in [7, 11) is 1.64. The summed E-state index contributed by atoms with van der Waals surface area (Å²) in [5.41, 5.74) is 0.889. The molecule has 0 radical (unpaired) electrons. The second-order valence-electron chi connectivity index (χ2n) is 7.13. The lowest BCUT2D eigenvalue weighted by molar-refractivity contribution is -0.126. The van der Waals surface area contributed by atoms with E-state index in [9.17, 15) is 4.79 Å². The van der Waals surface area contributed by atoms with Crippen molar-refractivity contribution in [1.82, 2.24) is 20.4 Å². The van der Waals surface area contributed by atoms with E-state index in [2.05, 4.69) is 20.4 Å². The topological polar surface area (TPSA) is 89.7 Å². The van der Waals surface area contributed by atoms with Gasteiger partial charge in [-0.05, 0) is 63.5 Å². The maximum Gasteiger partial charge on any atom is 0.241 e. The number of likely N-dealkylation sites (tertiary alicyclic amines) is 1. The number of rotatable bonds is 10. The van der Waals surface area contributed by atoms with Crippen molar-refractivity contribution in [3.63, 3.8) is 0 Å². The number of carbonyl (C=O) groups excluding carboxylic acids is 1. The van der Waals surface area contributed by atoms with Crippen LogP contribution in [0.4, 0.5) is 0 Å². The first-order valence-electron chi connectivity index (χ1n) is 10.2.